The summed E-state index contributed by atoms with van der Waals surface area (Å²) in [4.78, 5) is 2.97. The number of thiophene rings is 2. The molecule has 0 amide bonds. The van der Waals surface area contributed by atoms with E-state index in [2.05, 4.69) is 72.0 Å². The van der Waals surface area contributed by atoms with Crippen LogP contribution in [-0.4, -0.2) is 11.1 Å². The predicted octanol–water partition coefficient (Wildman–Crippen LogP) is 7.25. The second-order valence-electron chi connectivity index (χ2n) is 8.92. The van der Waals surface area contributed by atoms with E-state index in [1.165, 1.54) is 80.5 Å². The van der Waals surface area contributed by atoms with Gasteiger partial charge in [0, 0.05) is 46.4 Å². The van der Waals surface area contributed by atoms with Crippen LogP contribution in [0.1, 0.15) is 71.5 Å². The molecule has 3 aromatic rings. The second kappa shape index (κ2) is 11.9. The van der Waals surface area contributed by atoms with Crippen LogP contribution in [-0.2, 0) is 32.4 Å². The van der Waals surface area contributed by atoms with Crippen LogP contribution >= 0.6 is 22.7 Å². The van der Waals surface area contributed by atoms with Crippen LogP contribution in [0.3, 0.4) is 0 Å². The number of nitrogens with zero attached hydrogens (tertiary/aromatic N) is 1. The van der Waals surface area contributed by atoms with Gasteiger partial charge in [-0.3, -0.25) is 0 Å². The molecule has 3 N–H and O–H groups in total. The lowest BCUT2D eigenvalue weighted by molar-refractivity contribution is 0.647. The van der Waals surface area contributed by atoms with Crippen molar-refractivity contribution in [1.29, 1.82) is 0 Å². The Balaban J connectivity index is 0.000000636. The minimum absolute atomic E-state index is 0.777. The van der Waals surface area contributed by atoms with Crippen LogP contribution in [0.15, 0.2) is 43.5 Å². The molecule has 0 atom stereocenters. The van der Waals surface area contributed by atoms with Crippen molar-refractivity contribution >= 4 is 33.8 Å². The van der Waals surface area contributed by atoms with Crippen molar-refractivity contribution in [3.05, 3.63) is 75.5 Å². The minimum atomic E-state index is 0.777. The second-order valence-corrected chi connectivity index (χ2v) is 11.1. The van der Waals surface area contributed by atoms with Crippen molar-refractivity contribution in [2.45, 2.75) is 71.9 Å². The molecular formula is C28H38N4S2. The Morgan fingerprint density at radius 3 is 2.56 bits per heavy atom. The smallest absolute Gasteiger partial charge is 0.105 e. The van der Waals surface area contributed by atoms with Crippen molar-refractivity contribution in [1.82, 2.24) is 15.2 Å². The molecule has 1 aliphatic carbocycles. The lowest BCUT2D eigenvalue weighted by atomic mass is 9.95. The van der Waals surface area contributed by atoms with Gasteiger partial charge in [-0.25, -0.2) is 0 Å². The van der Waals surface area contributed by atoms with Crippen molar-refractivity contribution in [3.63, 3.8) is 0 Å². The highest BCUT2D eigenvalue weighted by atomic mass is 32.1. The summed E-state index contributed by atoms with van der Waals surface area (Å²) in [6.07, 6.45) is 14.9. The molecule has 2 aliphatic rings. The van der Waals surface area contributed by atoms with Crippen LogP contribution in [0.2, 0.25) is 0 Å². The van der Waals surface area contributed by atoms with E-state index in [0.29, 0.717) is 0 Å². The van der Waals surface area contributed by atoms with Crippen molar-refractivity contribution in [3.8, 4) is 5.00 Å². The normalized spacial score (nSPS) is 14.4. The number of aryl methyl sites for hydroxylation is 1. The Morgan fingerprint density at radius 1 is 1.06 bits per heavy atom. The van der Waals surface area contributed by atoms with E-state index in [4.69, 9.17) is 0 Å². The number of rotatable bonds is 8. The third-order valence-corrected chi connectivity index (χ3v) is 9.03. The van der Waals surface area contributed by atoms with Gasteiger partial charge in [-0.05, 0) is 61.9 Å². The highest BCUT2D eigenvalue weighted by molar-refractivity contribution is 7.16. The Labute approximate surface area is 212 Å². The summed E-state index contributed by atoms with van der Waals surface area (Å²) < 4.78 is 2.24. The van der Waals surface area contributed by atoms with Crippen LogP contribution < -0.4 is 16.0 Å². The van der Waals surface area contributed by atoms with Gasteiger partial charge in [0.25, 0.3) is 0 Å². The SMILES string of the molecule is C=Cc1c(NC(=C)NCc2c(-n3cccc3)sc3c2CCNC3)sc2c1CCCC2.CCCC. The fourth-order valence-electron chi connectivity index (χ4n) is 4.52. The van der Waals surface area contributed by atoms with Gasteiger partial charge in [0.05, 0.1) is 5.82 Å². The number of fused-ring (bicyclic) bond motifs is 2. The average molecular weight is 495 g/mol. The molecule has 0 saturated carbocycles. The Hall–Kier alpha value is -2.28. The van der Waals surface area contributed by atoms with Gasteiger partial charge in [0.1, 0.15) is 10.0 Å². The predicted molar refractivity (Wildman–Crippen MR) is 150 cm³/mol. The first-order valence-electron chi connectivity index (χ1n) is 12.6. The maximum absolute atomic E-state index is 4.27. The molecule has 4 heterocycles. The largest absolute Gasteiger partial charge is 0.368 e. The van der Waals surface area contributed by atoms with E-state index in [9.17, 15) is 0 Å². The summed E-state index contributed by atoms with van der Waals surface area (Å²) in [5.74, 6) is 0.851. The zero-order chi connectivity index (χ0) is 23.9. The van der Waals surface area contributed by atoms with E-state index in [0.717, 1.165) is 31.9 Å². The Bertz CT molecular complexity index is 1100. The third-order valence-electron chi connectivity index (χ3n) is 6.51. The first kappa shape index (κ1) is 24.8. The first-order valence-corrected chi connectivity index (χ1v) is 14.2. The minimum Gasteiger partial charge on any atom is -0.368 e. The van der Waals surface area contributed by atoms with Gasteiger partial charge >= 0.3 is 0 Å². The van der Waals surface area contributed by atoms with Crippen LogP contribution in [0.25, 0.3) is 11.1 Å². The maximum Gasteiger partial charge on any atom is 0.105 e. The van der Waals surface area contributed by atoms with Crippen molar-refractivity contribution in [2.75, 3.05) is 11.9 Å². The molecule has 0 radical (unpaired) electrons. The van der Waals surface area contributed by atoms with Gasteiger partial charge < -0.3 is 20.5 Å². The molecule has 4 nitrogen and oxygen atoms in total. The number of hydrogen-bond donors (Lipinski definition) is 3. The molecule has 0 spiro atoms. The molecule has 0 saturated heterocycles. The molecule has 34 heavy (non-hydrogen) atoms. The summed E-state index contributed by atoms with van der Waals surface area (Å²) in [7, 11) is 0. The summed E-state index contributed by atoms with van der Waals surface area (Å²) in [5.41, 5.74) is 5.65. The molecule has 0 unspecified atom stereocenters. The van der Waals surface area contributed by atoms with Gasteiger partial charge in [-0.2, -0.15) is 0 Å². The molecule has 0 bridgehead atoms. The van der Waals surface area contributed by atoms with E-state index in [-0.39, 0.29) is 0 Å². The number of aromatic nitrogens is 1. The number of hydrogen-bond acceptors (Lipinski definition) is 5. The standard InChI is InChI=1S/C24H28N4S2.C4H10/c1-3-17-18-8-4-5-9-21(18)29-23(17)27-16(2)26-14-20-19-10-11-25-15-22(19)30-24(20)28-12-6-7-13-28;1-3-4-2/h3,6-7,12-13,25-27H,1-2,4-5,8-11,14-15H2;3-4H2,1-2H3. The van der Waals surface area contributed by atoms with Crippen LogP contribution in [0.5, 0.6) is 0 Å². The van der Waals surface area contributed by atoms with Gasteiger partial charge in [0.15, 0.2) is 0 Å². The van der Waals surface area contributed by atoms with E-state index in [1.54, 1.807) is 0 Å². The van der Waals surface area contributed by atoms with Crippen LogP contribution in [0, 0.1) is 0 Å². The highest BCUT2D eigenvalue weighted by Crippen LogP contribution is 2.39. The molecule has 6 heteroatoms. The molecule has 0 fully saturated rings. The summed E-state index contributed by atoms with van der Waals surface area (Å²) in [6.45, 7) is 15.5. The lowest BCUT2D eigenvalue weighted by Crippen LogP contribution is -2.24. The maximum atomic E-state index is 4.27. The van der Waals surface area contributed by atoms with Crippen LogP contribution in [0.4, 0.5) is 5.00 Å². The van der Waals surface area contributed by atoms with Gasteiger partial charge in [0.2, 0.25) is 0 Å². The summed E-state index contributed by atoms with van der Waals surface area (Å²) in [6, 6.07) is 4.17. The number of anilines is 1. The lowest BCUT2D eigenvalue weighted by Gasteiger charge is -2.17. The first-order chi connectivity index (χ1) is 16.7. The highest BCUT2D eigenvalue weighted by Gasteiger charge is 2.22. The van der Waals surface area contributed by atoms with E-state index in [1.807, 2.05) is 28.7 Å². The zero-order valence-corrected chi connectivity index (χ0v) is 22.3. The molecule has 0 aromatic carbocycles. The summed E-state index contributed by atoms with van der Waals surface area (Å²) in [5, 5.41) is 13.1. The van der Waals surface area contributed by atoms with Crippen molar-refractivity contribution in [2.24, 2.45) is 0 Å². The molecule has 182 valence electrons. The van der Waals surface area contributed by atoms with Gasteiger partial charge in [-0.15, -0.1) is 22.7 Å². The molecule has 5 rings (SSSR count). The average Bonchev–Trinajstić information content (AvgIpc) is 3.59. The zero-order valence-electron chi connectivity index (χ0n) is 20.6. The van der Waals surface area contributed by atoms with E-state index >= 15 is 0 Å². The Kier molecular flexibility index (Phi) is 8.70. The topological polar surface area (TPSA) is 41.0 Å². The third kappa shape index (κ3) is 5.51. The fourth-order valence-corrected chi connectivity index (χ4v) is 7.14. The molecule has 1 aliphatic heterocycles. The quantitative estimate of drug-likeness (QED) is 0.309. The van der Waals surface area contributed by atoms with E-state index < -0.39 is 0 Å². The number of nitrogens with one attached hydrogen (secondary N) is 3. The Morgan fingerprint density at radius 2 is 1.82 bits per heavy atom. The molecule has 3 aromatic heterocycles. The molecular weight excluding hydrogens is 456 g/mol. The number of unbranched alkanes of at least 4 members (excludes halogenated alkanes) is 1. The van der Waals surface area contributed by atoms with Gasteiger partial charge in [-0.1, -0.05) is 45.9 Å². The summed E-state index contributed by atoms with van der Waals surface area (Å²) >= 11 is 3.77. The fraction of sp³-hybridized carbons (Fsp3) is 0.429. The monoisotopic (exact) mass is 494 g/mol. The van der Waals surface area contributed by atoms with Crippen molar-refractivity contribution < 1.29 is 0 Å².